The minimum absolute atomic E-state index is 0.106. The molecular formula is C12H16FNO3. The van der Waals surface area contributed by atoms with E-state index in [1.807, 2.05) is 0 Å². The number of halogens is 1. The van der Waals surface area contributed by atoms with Gasteiger partial charge in [0.25, 0.3) is 0 Å². The number of aryl methyl sites for hydroxylation is 1. The first-order chi connectivity index (χ1) is 8.20. The fourth-order valence-corrected chi connectivity index (χ4v) is 2.17. The van der Waals surface area contributed by atoms with E-state index in [2.05, 4.69) is 0 Å². The molecule has 17 heavy (non-hydrogen) atoms. The van der Waals surface area contributed by atoms with Gasteiger partial charge in [-0.15, -0.1) is 0 Å². The van der Waals surface area contributed by atoms with E-state index >= 15 is 0 Å². The van der Waals surface area contributed by atoms with Crippen molar-refractivity contribution in [3.05, 3.63) is 24.2 Å². The lowest BCUT2D eigenvalue weighted by molar-refractivity contribution is -0.132. The quantitative estimate of drug-likeness (QED) is 0.860. The molecule has 1 aliphatic heterocycles. The number of rotatable bonds is 4. The summed E-state index contributed by atoms with van der Waals surface area (Å²) in [6.07, 6.45) is 3.30. The van der Waals surface area contributed by atoms with Crippen molar-refractivity contribution in [1.29, 1.82) is 0 Å². The molecule has 0 spiro atoms. The van der Waals surface area contributed by atoms with E-state index < -0.39 is 6.17 Å². The summed E-state index contributed by atoms with van der Waals surface area (Å²) in [5, 5.41) is 9.08. The number of likely N-dealkylation sites (tertiary alicyclic amines) is 1. The molecule has 4 nitrogen and oxygen atoms in total. The van der Waals surface area contributed by atoms with Crippen molar-refractivity contribution >= 4 is 5.91 Å². The molecule has 0 unspecified atom stereocenters. The molecule has 0 radical (unpaired) electrons. The van der Waals surface area contributed by atoms with E-state index in [-0.39, 0.29) is 31.5 Å². The molecule has 1 N–H and O–H groups in total. The predicted molar refractivity (Wildman–Crippen MR) is 59.1 cm³/mol. The number of carbonyl (C=O) groups is 1. The lowest BCUT2D eigenvalue weighted by Gasteiger charge is -2.22. The van der Waals surface area contributed by atoms with E-state index in [1.54, 1.807) is 18.6 Å². The number of aliphatic hydroxyl groups is 1. The van der Waals surface area contributed by atoms with Crippen LogP contribution in [0.5, 0.6) is 0 Å². The van der Waals surface area contributed by atoms with Crippen LogP contribution in [-0.4, -0.2) is 41.3 Å². The third-order valence-corrected chi connectivity index (χ3v) is 3.10. The maximum atomic E-state index is 13.2. The SMILES string of the molecule is O=C(CCc1ccoc1)N1C[C@@H](F)C[C@H]1CO. The van der Waals surface area contributed by atoms with Gasteiger partial charge in [0.1, 0.15) is 6.17 Å². The van der Waals surface area contributed by atoms with Gasteiger partial charge in [-0.2, -0.15) is 0 Å². The molecule has 2 atom stereocenters. The smallest absolute Gasteiger partial charge is 0.223 e. The summed E-state index contributed by atoms with van der Waals surface area (Å²) < 4.78 is 18.1. The predicted octanol–water partition coefficient (Wildman–Crippen LogP) is 1.14. The Labute approximate surface area is 99.0 Å². The molecule has 94 valence electrons. The van der Waals surface area contributed by atoms with E-state index in [0.29, 0.717) is 12.8 Å². The Kier molecular flexibility index (Phi) is 3.78. The molecule has 1 aromatic heterocycles. The standard InChI is InChI=1S/C12H16FNO3/c13-10-5-11(7-15)14(6-10)12(16)2-1-9-3-4-17-8-9/h3-4,8,10-11,15H,1-2,5-7H2/t10-,11-/m0/s1. The van der Waals surface area contributed by atoms with Crippen molar-refractivity contribution in [2.45, 2.75) is 31.5 Å². The lowest BCUT2D eigenvalue weighted by atomic mass is 10.1. The lowest BCUT2D eigenvalue weighted by Crippen LogP contribution is -2.37. The van der Waals surface area contributed by atoms with E-state index in [0.717, 1.165) is 5.56 Å². The highest BCUT2D eigenvalue weighted by atomic mass is 19.1. The highest BCUT2D eigenvalue weighted by Crippen LogP contribution is 2.21. The average Bonchev–Trinajstić information content (AvgIpc) is 2.94. The van der Waals surface area contributed by atoms with Crippen molar-refractivity contribution in [1.82, 2.24) is 4.90 Å². The van der Waals surface area contributed by atoms with Crippen LogP contribution in [0, 0.1) is 0 Å². The van der Waals surface area contributed by atoms with Crippen LogP contribution in [0.15, 0.2) is 23.0 Å². The van der Waals surface area contributed by atoms with Gasteiger partial charge in [-0.25, -0.2) is 4.39 Å². The molecule has 5 heteroatoms. The van der Waals surface area contributed by atoms with E-state index in [1.165, 1.54) is 4.90 Å². The van der Waals surface area contributed by atoms with Crippen molar-refractivity contribution in [2.24, 2.45) is 0 Å². The number of carbonyl (C=O) groups excluding carboxylic acids is 1. The summed E-state index contributed by atoms with van der Waals surface area (Å²) >= 11 is 0. The van der Waals surface area contributed by atoms with Gasteiger partial charge in [0.15, 0.2) is 0 Å². The second kappa shape index (κ2) is 5.31. The van der Waals surface area contributed by atoms with Crippen molar-refractivity contribution < 1.29 is 18.7 Å². The fraction of sp³-hybridized carbons (Fsp3) is 0.583. The van der Waals surface area contributed by atoms with E-state index in [9.17, 15) is 9.18 Å². The maximum Gasteiger partial charge on any atom is 0.223 e. The molecule has 0 saturated carbocycles. The normalized spacial score (nSPS) is 24.2. The van der Waals surface area contributed by atoms with Crippen LogP contribution in [0.1, 0.15) is 18.4 Å². The molecule has 1 fully saturated rings. The Hall–Kier alpha value is -1.36. The molecule has 1 aromatic rings. The zero-order valence-electron chi connectivity index (χ0n) is 9.51. The van der Waals surface area contributed by atoms with Crippen molar-refractivity contribution in [3.8, 4) is 0 Å². The Morgan fingerprint density at radius 3 is 3.12 bits per heavy atom. The van der Waals surface area contributed by atoms with Crippen LogP contribution >= 0.6 is 0 Å². The number of alkyl halides is 1. The molecule has 1 saturated heterocycles. The van der Waals surface area contributed by atoms with Gasteiger partial charge < -0.3 is 14.4 Å². The van der Waals surface area contributed by atoms with Gasteiger partial charge in [0.05, 0.1) is 31.7 Å². The molecule has 2 rings (SSSR count). The summed E-state index contributed by atoms with van der Waals surface area (Å²) in [6.45, 7) is -0.0622. The highest BCUT2D eigenvalue weighted by Gasteiger charge is 2.34. The Morgan fingerprint density at radius 2 is 2.47 bits per heavy atom. The van der Waals surface area contributed by atoms with Crippen LogP contribution in [0.25, 0.3) is 0 Å². The Morgan fingerprint density at radius 1 is 1.65 bits per heavy atom. The van der Waals surface area contributed by atoms with Crippen LogP contribution in [0.3, 0.4) is 0 Å². The van der Waals surface area contributed by atoms with Crippen LogP contribution in [0.4, 0.5) is 4.39 Å². The Balaban J connectivity index is 1.87. The number of amides is 1. The topological polar surface area (TPSA) is 53.7 Å². The average molecular weight is 241 g/mol. The summed E-state index contributed by atoms with van der Waals surface area (Å²) in [6, 6.07) is 1.44. The molecule has 2 heterocycles. The van der Waals surface area contributed by atoms with Gasteiger partial charge >= 0.3 is 0 Å². The van der Waals surface area contributed by atoms with Gasteiger partial charge in [0, 0.05) is 12.8 Å². The largest absolute Gasteiger partial charge is 0.472 e. The highest BCUT2D eigenvalue weighted by molar-refractivity contribution is 5.77. The number of hydrogen-bond acceptors (Lipinski definition) is 3. The summed E-state index contributed by atoms with van der Waals surface area (Å²) in [7, 11) is 0. The summed E-state index contributed by atoms with van der Waals surface area (Å²) in [5.74, 6) is -0.106. The maximum absolute atomic E-state index is 13.2. The minimum atomic E-state index is -1.01. The van der Waals surface area contributed by atoms with Crippen LogP contribution in [-0.2, 0) is 11.2 Å². The first-order valence-corrected chi connectivity index (χ1v) is 5.76. The third-order valence-electron chi connectivity index (χ3n) is 3.10. The molecule has 1 aliphatic rings. The number of furan rings is 1. The third kappa shape index (κ3) is 2.85. The monoisotopic (exact) mass is 241 g/mol. The Bertz CT molecular complexity index is 366. The van der Waals surface area contributed by atoms with E-state index in [4.69, 9.17) is 9.52 Å². The molecule has 0 bridgehead atoms. The number of nitrogens with zero attached hydrogens (tertiary/aromatic N) is 1. The molecular weight excluding hydrogens is 225 g/mol. The van der Waals surface area contributed by atoms with Gasteiger partial charge in [-0.05, 0) is 18.1 Å². The van der Waals surface area contributed by atoms with Crippen molar-refractivity contribution in [2.75, 3.05) is 13.2 Å². The summed E-state index contributed by atoms with van der Waals surface area (Å²) in [5.41, 5.74) is 0.954. The molecule has 0 aliphatic carbocycles. The number of aliphatic hydroxyl groups excluding tert-OH is 1. The van der Waals surface area contributed by atoms with Crippen LogP contribution in [0.2, 0.25) is 0 Å². The summed E-state index contributed by atoms with van der Waals surface area (Å²) in [4.78, 5) is 13.3. The number of hydrogen-bond donors (Lipinski definition) is 1. The van der Waals surface area contributed by atoms with Crippen molar-refractivity contribution in [3.63, 3.8) is 0 Å². The van der Waals surface area contributed by atoms with Gasteiger partial charge in [-0.3, -0.25) is 4.79 Å². The molecule has 0 aromatic carbocycles. The fourth-order valence-electron chi connectivity index (χ4n) is 2.17. The zero-order valence-corrected chi connectivity index (χ0v) is 9.51. The van der Waals surface area contributed by atoms with Gasteiger partial charge in [-0.1, -0.05) is 0 Å². The van der Waals surface area contributed by atoms with Gasteiger partial charge in [0.2, 0.25) is 5.91 Å². The molecule has 1 amide bonds. The first-order valence-electron chi connectivity index (χ1n) is 5.76. The zero-order chi connectivity index (χ0) is 12.3. The van der Waals surface area contributed by atoms with Crippen LogP contribution < -0.4 is 0 Å². The second-order valence-corrected chi connectivity index (χ2v) is 4.35. The minimum Gasteiger partial charge on any atom is -0.472 e. The second-order valence-electron chi connectivity index (χ2n) is 4.35. The first kappa shape index (κ1) is 12.1.